The van der Waals surface area contributed by atoms with E-state index in [0.717, 1.165) is 51.4 Å². The van der Waals surface area contributed by atoms with Crippen LogP contribution < -0.4 is 5.32 Å². The van der Waals surface area contributed by atoms with Gasteiger partial charge in [-0.25, -0.2) is 0 Å². The number of rotatable bonds is 31. The number of nitrogens with one attached hydrogen (secondary N) is 1. The van der Waals surface area contributed by atoms with E-state index in [2.05, 4.69) is 36.5 Å². The Hall–Kier alpha value is -1.18. The lowest BCUT2D eigenvalue weighted by Crippen LogP contribution is -2.60. The summed E-state index contributed by atoms with van der Waals surface area (Å²) in [5.74, 6) is 0. The summed E-state index contributed by atoms with van der Waals surface area (Å²) in [6.45, 7) is 1.40. The molecule has 0 aromatic heterocycles. The average molecular weight is 712 g/mol. The first-order valence-corrected chi connectivity index (χ1v) is 20.0. The fourth-order valence-electron chi connectivity index (χ4n) is 6.81. The first-order valence-electron chi connectivity index (χ1n) is 20.0. The summed E-state index contributed by atoms with van der Waals surface area (Å²) in [5, 5.41) is 76.0. The summed E-state index contributed by atoms with van der Waals surface area (Å²) in [7, 11) is 0. The average Bonchev–Trinajstić information content (AvgIpc) is 3.12. The van der Waals surface area contributed by atoms with E-state index in [-0.39, 0.29) is 6.61 Å². The Morgan fingerprint density at radius 3 is 1.74 bits per heavy atom. The molecule has 0 aliphatic carbocycles. The van der Waals surface area contributed by atoms with Crippen molar-refractivity contribution < 1.29 is 45.2 Å². The van der Waals surface area contributed by atoms with Gasteiger partial charge in [0.2, 0.25) is 0 Å². The molecule has 292 valence electrons. The number of aliphatic hydroxyl groups excluding tert-OH is 7. The van der Waals surface area contributed by atoms with E-state index in [1.807, 2.05) is 6.07 Å². The van der Waals surface area contributed by atoms with Crippen LogP contribution in [-0.2, 0) is 15.9 Å². The lowest BCUT2D eigenvalue weighted by atomic mass is 9.98. The predicted octanol–water partition coefficient (Wildman–Crippen LogP) is 5.26. The zero-order valence-electron chi connectivity index (χ0n) is 31.0. The largest absolute Gasteiger partial charge is 0.394 e. The van der Waals surface area contributed by atoms with Crippen LogP contribution in [0.1, 0.15) is 147 Å². The van der Waals surface area contributed by atoms with Gasteiger partial charge in [-0.2, -0.15) is 0 Å². The summed E-state index contributed by atoms with van der Waals surface area (Å²) in [4.78, 5) is 0. The summed E-state index contributed by atoms with van der Waals surface area (Å²) in [6.07, 6.45) is 13.5. The number of hydrogen-bond acceptors (Lipinski definition) is 10. The molecule has 1 aromatic rings. The van der Waals surface area contributed by atoms with Gasteiger partial charge in [-0.15, -0.1) is 0 Å². The molecule has 1 fully saturated rings. The third-order valence-electron chi connectivity index (χ3n) is 10.1. The van der Waals surface area contributed by atoms with Gasteiger partial charge in [0.25, 0.3) is 0 Å². The highest BCUT2D eigenvalue weighted by Gasteiger charge is 2.44. The van der Waals surface area contributed by atoms with E-state index in [1.54, 1.807) is 0 Å². The van der Waals surface area contributed by atoms with E-state index in [1.165, 1.54) is 82.6 Å². The van der Waals surface area contributed by atoms with Crippen LogP contribution >= 0.6 is 0 Å². The number of benzene rings is 1. The molecule has 1 aliphatic rings. The first kappa shape index (κ1) is 45.0. The zero-order valence-corrected chi connectivity index (χ0v) is 31.0. The Bertz CT molecular complexity index is 910. The predicted molar refractivity (Wildman–Crippen MR) is 197 cm³/mol. The van der Waals surface area contributed by atoms with Gasteiger partial charge in [-0.3, -0.25) is 5.32 Å². The number of ether oxygens (including phenoxy) is 2. The van der Waals surface area contributed by atoms with Crippen molar-refractivity contribution >= 4 is 0 Å². The van der Waals surface area contributed by atoms with Gasteiger partial charge in [0.15, 0.2) is 6.29 Å². The minimum Gasteiger partial charge on any atom is -0.394 e. The smallest absolute Gasteiger partial charge is 0.186 e. The Kier molecular flexibility index (Phi) is 25.5. The Labute approximate surface area is 302 Å². The molecule has 0 saturated carbocycles. The minimum absolute atomic E-state index is 0.251. The van der Waals surface area contributed by atoms with Crippen LogP contribution in [0, 0.1) is 0 Å². The van der Waals surface area contributed by atoms with Crippen molar-refractivity contribution in [2.24, 2.45) is 0 Å². The minimum atomic E-state index is -1.59. The van der Waals surface area contributed by atoms with Crippen LogP contribution in [0.25, 0.3) is 0 Å². The summed E-state index contributed by atoms with van der Waals surface area (Å²) >= 11 is 0. The van der Waals surface area contributed by atoms with Crippen LogP contribution in [0.2, 0.25) is 0 Å². The second-order valence-electron chi connectivity index (χ2n) is 14.6. The summed E-state index contributed by atoms with van der Waals surface area (Å²) in [5.41, 5.74) is 1.38. The fraction of sp³-hybridized carbons (Fsp3) is 0.850. The van der Waals surface area contributed by atoms with Crippen molar-refractivity contribution in [1.82, 2.24) is 5.32 Å². The van der Waals surface area contributed by atoms with Crippen molar-refractivity contribution in [2.45, 2.75) is 203 Å². The van der Waals surface area contributed by atoms with E-state index in [0.29, 0.717) is 12.8 Å². The molecule has 0 amide bonds. The Morgan fingerprint density at radius 2 is 1.18 bits per heavy atom. The van der Waals surface area contributed by atoms with Crippen LogP contribution in [0.5, 0.6) is 0 Å². The van der Waals surface area contributed by atoms with Crippen LogP contribution in [0.4, 0.5) is 0 Å². The molecular weight excluding hydrogens is 638 g/mol. The maximum atomic E-state index is 11.1. The number of aryl methyl sites for hydroxylation is 1. The molecule has 1 aliphatic heterocycles. The van der Waals surface area contributed by atoms with Crippen molar-refractivity contribution in [3.05, 3.63) is 35.9 Å². The van der Waals surface area contributed by atoms with Gasteiger partial charge in [-0.05, 0) is 37.7 Å². The topological polar surface area (TPSA) is 172 Å². The standard InChI is InChI=1S/C40H73NO9/c1-2-3-4-5-6-7-8-9-10-13-16-22-27-33(43)36(45)32(30-49-40-39(48)38(47)37(46)34(29-42)50-40)41-35(44)28-23-17-14-11-12-15-19-24-31-25-20-18-21-26-31/h18,20-21,25-26,32-48H,2-17,19,22-24,27-30H2,1H3/t32-,33+,34?,35?,36-,37?,38?,39?,40?/m0/s1. The molecule has 9 atom stereocenters. The van der Waals surface area contributed by atoms with Gasteiger partial charge in [-0.1, -0.05) is 146 Å². The van der Waals surface area contributed by atoms with Crippen molar-refractivity contribution in [3.63, 3.8) is 0 Å². The Balaban J connectivity index is 1.73. The quantitative estimate of drug-likeness (QED) is 0.0376. The highest BCUT2D eigenvalue weighted by Crippen LogP contribution is 2.23. The summed E-state index contributed by atoms with van der Waals surface area (Å²) < 4.78 is 11.2. The monoisotopic (exact) mass is 712 g/mol. The highest BCUT2D eigenvalue weighted by atomic mass is 16.7. The molecule has 1 heterocycles. The van der Waals surface area contributed by atoms with Gasteiger partial charge in [0.1, 0.15) is 30.6 Å². The number of hydrogen-bond donors (Lipinski definition) is 8. The van der Waals surface area contributed by atoms with Crippen molar-refractivity contribution in [1.29, 1.82) is 0 Å². The second-order valence-corrected chi connectivity index (χ2v) is 14.6. The van der Waals surface area contributed by atoms with Crippen molar-refractivity contribution in [2.75, 3.05) is 13.2 Å². The normalized spacial score (nSPS) is 23.5. The van der Waals surface area contributed by atoms with E-state index >= 15 is 0 Å². The van der Waals surface area contributed by atoms with E-state index in [4.69, 9.17) is 9.47 Å². The highest BCUT2D eigenvalue weighted by molar-refractivity contribution is 5.14. The Morgan fingerprint density at radius 1 is 0.660 bits per heavy atom. The second kappa shape index (κ2) is 28.3. The molecule has 10 heteroatoms. The lowest BCUT2D eigenvalue weighted by Gasteiger charge is -2.40. The fourth-order valence-corrected chi connectivity index (χ4v) is 6.81. The zero-order chi connectivity index (χ0) is 36.4. The van der Waals surface area contributed by atoms with Crippen LogP contribution in [0.3, 0.4) is 0 Å². The maximum absolute atomic E-state index is 11.1. The molecule has 2 rings (SSSR count). The third-order valence-corrected chi connectivity index (χ3v) is 10.1. The molecule has 1 saturated heterocycles. The van der Waals surface area contributed by atoms with Crippen LogP contribution in [-0.4, -0.2) is 104 Å². The van der Waals surface area contributed by atoms with Gasteiger partial charge < -0.3 is 45.2 Å². The molecule has 8 N–H and O–H groups in total. The molecule has 0 bridgehead atoms. The molecule has 0 spiro atoms. The first-order chi connectivity index (χ1) is 24.3. The van der Waals surface area contributed by atoms with Gasteiger partial charge in [0, 0.05) is 0 Å². The van der Waals surface area contributed by atoms with Crippen molar-refractivity contribution in [3.8, 4) is 0 Å². The van der Waals surface area contributed by atoms with Gasteiger partial charge in [0.05, 0.1) is 31.5 Å². The molecular formula is C40H73NO9. The van der Waals surface area contributed by atoms with Crippen LogP contribution in [0.15, 0.2) is 30.3 Å². The number of aliphatic hydroxyl groups is 7. The molecule has 6 unspecified atom stereocenters. The molecule has 50 heavy (non-hydrogen) atoms. The molecule has 10 nitrogen and oxygen atoms in total. The lowest BCUT2D eigenvalue weighted by molar-refractivity contribution is -0.303. The van der Waals surface area contributed by atoms with E-state index in [9.17, 15) is 35.7 Å². The molecule has 0 radical (unpaired) electrons. The third kappa shape index (κ3) is 19.1. The summed E-state index contributed by atoms with van der Waals surface area (Å²) in [6, 6.07) is 9.65. The molecule has 1 aromatic carbocycles. The van der Waals surface area contributed by atoms with E-state index < -0.39 is 61.8 Å². The SMILES string of the molecule is CCCCCCCCCCCCCC[C@@H](O)[C@@H](O)[C@H](COC1OC(CO)C(O)C(O)C1O)NC(O)CCCCCCCCCc1ccccc1. The van der Waals surface area contributed by atoms with Gasteiger partial charge >= 0.3 is 0 Å². The maximum Gasteiger partial charge on any atom is 0.186 e. The number of unbranched alkanes of at least 4 members (excludes halogenated alkanes) is 17.